The number of carbonyl (C=O) groups excluding carboxylic acids is 1. The molecule has 0 spiro atoms. The summed E-state index contributed by atoms with van der Waals surface area (Å²) in [6.45, 7) is 6.10. The standard InChI is InChI=1S/C12H20N2OS/c1-8(2)11(10-6-5-7-16-10)14-12(15)9(3)13-4/h5-9,11,13H,1-4H3,(H,14,15). The van der Waals surface area contributed by atoms with E-state index in [1.165, 1.54) is 4.88 Å². The topological polar surface area (TPSA) is 41.1 Å². The van der Waals surface area contributed by atoms with Crippen LogP contribution in [0.5, 0.6) is 0 Å². The zero-order valence-electron chi connectivity index (χ0n) is 10.3. The fourth-order valence-electron chi connectivity index (χ4n) is 1.44. The molecule has 0 saturated carbocycles. The molecule has 0 aliphatic rings. The van der Waals surface area contributed by atoms with E-state index in [0.717, 1.165) is 0 Å². The van der Waals surface area contributed by atoms with Crippen LogP contribution in [0.15, 0.2) is 17.5 Å². The summed E-state index contributed by atoms with van der Waals surface area (Å²) in [5.41, 5.74) is 0. The summed E-state index contributed by atoms with van der Waals surface area (Å²) in [6, 6.07) is 4.05. The summed E-state index contributed by atoms with van der Waals surface area (Å²) >= 11 is 1.69. The Balaban J connectivity index is 2.70. The van der Waals surface area contributed by atoms with Gasteiger partial charge in [0.15, 0.2) is 0 Å². The Morgan fingerprint density at radius 1 is 1.38 bits per heavy atom. The maximum absolute atomic E-state index is 11.8. The molecule has 2 unspecified atom stereocenters. The Hall–Kier alpha value is -0.870. The van der Waals surface area contributed by atoms with Crippen molar-refractivity contribution in [3.8, 4) is 0 Å². The lowest BCUT2D eigenvalue weighted by molar-refractivity contribution is -0.123. The van der Waals surface area contributed by atoms with Crippen molar-refractivity contribution in [2.24, 2.45) is 5.92 Å². The first-order chi connectivity index (χ1) is 7.56. The average Bonchev–Trinajstić information content (AvgIpc) is 2.76. The van der Waals surface area contributed by atoms with E-state index in [4.69, 9.17) is 0 Å². The molecule has 0 saturated heterocycles. The Morgan fingerprint density at radius 2 is 2.06 bits per heavy atom. The van der Waals surface area contributed by atoms with Gasteiger partial charge in [0.05, 0.1) is 12.1 Å². The van der Waals surface area contributed by atoms with Gasteiger partial charge in [-0.2, -0.15) is 0 Å². The van der Waals surface area contributed by atoms with Gasteiger partial charge in [0.1, 0.15) is 0 Å². The van der Waals surface area contributed by atoms with E-state index in [0.29, 0.717) is 5.92 Å². The van der Waals surface area contributed by atoms with Crippen LogP contribution < -0.4 is 10.6 Å². The molecular weight excluding hydrogens is 220 g/mol. The third-order valence-corrected chi connectivity index (χ3v) is 3.60. The van der Waals surface area contributed by atoms with Crippen LogP contribution in [0, 0.1) is 5.92 Å². The van der Waals surface area contributed by atoms with Gasteiger partial charge in [0, 0.05) is 4.88 Å². The Labute approximate surface area is 101 Å². The van der Waals surface area contributed by atoms with Gasteiger partial charge in [-0.25, -0.2) is 0 Å². The number of nitrogens with one attached hydrogen (secondary N) is 2. The van der Waals surface area contributed by atoms with Crippen LogP contribution in [0.4, 0.5) is 0 Å². The Morgan fingerprint density at radius 3 is 2.50 bits per heavy atom. The molecule has 1 amide bonds. The molecule has 0 aliphatic carbocycles. The molecule has 3 nitrogen and oxygen atoms in total. The highest BCUT2D eigenvalue weighted by Gasteiger charge is 2.21. The van der Waals surface area contributed by atoms with E-state index in [2.05, 4.69) is 30.5 Å². The van der Waals surface area contributed by atoms with Gasteiger partial charge in [-0.15, -0.1) is 11.3 Å². The summed E-state index contributed by atoms with van der Waals surface area (Å²) in [5.74, 6) is 0.446. The van der Waals surface area contributed by atoms with Crippen LogP contribution >= 0.6 is 11.3 Å². The van der Waals surface area contributed by atoms with Crippen molar-refractivity contribution in [1.29, 1.82) is 0 Å². The summed E-state index contributed by atoms with van der Waals surface area (Å²) in [5, 5.41) is 8.06. The molecule has 1 heterocycles. The van der Waals surface area contributed by atoms with Gasteiger partial charge in [0.2, 0.25) is 5.91 Å². The minimum absolute atomic E-state index is 0.0506. The second kappa shape index (κ2) is 6.01. The number of rotatable bonds is 5. The molecule has 0 aromatic carbocycles. The zero-order chi connectivity index (χ0) is 12.1. The van der Waals surface area contributed by atoms with Crippen LogP contribution in [0.3, 0.4) is 0 Å². The van der Waals surface area contributed by atoms with Gasteiger partial charge in [-0.05, 0) is 31.3 Å². The number of carbonyl (C=O) groups is 1. The summed E-state index contributed by atoms with van der Waals surface area (Å²) in [7, 11) is 1.79. The second-order valence-corrected chi connectivity index (χ2v) is 5.24. The molecule has 2 atom stereocenters. The number of thiophene rings is 1. The van der Waals surface area contributed by atoms with Crippen molar-refractivity contribution in [1.82, 2.24) is 10.6 Å². The molecule has 1 aromatic rings. The first-order valence-corrected chi connectivity index (χ1v) is 6.45. The quantitative estimate of drug-likeness (QED) is 0.828. The van der Waals surface area contributed by atoms with Crippen LogP contribution in [0.2, 0.25) is 0 Å². The molecule has 2 N–H and O–H groups in total. The van der Waals surface area contributed by atoms with Crippen molar-refractivity contribution in [3.05, 3.63) is 22.4 Å². The normalized spacial score (nSPS) is 14.8. The lowest BCUT2D eigenvalue weighted by Crippen LogP contribution is -2.43. The van der Waals surface area contributed by atoms with E-state index in [1.54, 1.807) is 18.4 Å². The first-order valence-electron chi connectivity index (χ1n) is 5.57. The monoisotopic (exact) mass is 240 g/mol. The molecule has 16 heavy (non-hydrogen) atoms. The molecule has 4 heteroatoms. The first kappa shape index (κ1) is 13.2. The van der Waals surface area contributed by atoms with Crippen molar-refractivity contribution in [3.63, 3.8) is 0 Å². The van der Waals surface area contributed by atoms with E-state index < -0.39 is 0 Å². The van der Waals surface area contributed by atoms with Gasteiger partial charge in [0.25, 0.3) is 0 Å². The highest BCUT2D eigenvalue weighted by atomic mass is 32.1. The van der Waals surface area contributed by atoms with Crippen LogP contribution in [-0.4, -0.2) is 19.0 Å². The van der Waals surface area contributed by atoms with E-state index in [-0.39, 0.29) is 18.0 Å². The molecule has 1 rings (SSSR count). The van der Waals surface area contributed by atoms with Gasteiger partial charge in [-0.3, -0.25) is 4.79 Å². The molecule has 0 fully saturated rings. The summed E-state index contributed by atoms with van der Waals surface area (Å²) in [4.78, 5) is 13.0. The number of amides is 1. The average molecular weight is 240 g/mol. The minimum Gasteiger partial charge on any atom is -0.347 e. The lowest BCUT2D eigenvalue weighted by atomic mass is 10.0. The maximum atomic E-state index is 11.8. The van der Waals surface area contributed by atoms with Crippen molar-refractivity contribution in [2.75, 3.05) is 7.05 Å². The number of likely N-dealkylation sites (N-methyl/N-ethyl adjacent to an activating group) is 1. The lowest BCUT2D eigenvalue weighted by Gasteiger charge is -2.23. The predicted molar refractivity (Wildman–Crippen MR) is 68.6 cm³/mol. The van der Waals surface area contributed by atoms with Crippen molar-refractivity contribution in [2.45, 2.75) is 32.9 Å². The van der Waals surface area contributed by atoms with Gasteiger partial charge >= 0.3 is 0 Å². The number of hydrogen-bond acceptors (Lipinski definition) is 3. The summed E-state index contributed by atoms with van der Waals surface area (Å²) < 4.78 is 0. The molecule has 1 aromatic heterocycles. The molecule has 90 valence electrons. The molecule has 0 bridgehead atoms. The van der Waals surface area contributed by atoms with Crippen molar-refractivity contribution >= 4 is 17.2 Å². The fourth-order valence-corrected chi connectivity index (χ4v) is 2.39. The van der Waals surface area contributed by atoms with E-state index in [9.17, 15) is 4.79 Å². The molecule has 0 radical (unpaired) electrons. The highest BCUT2D eigenvalue weighted by molar-refractivity contribution is 7.10. The smallest absolute Gasteiger partial charge is 0.237 e. The SMILES string of the molecule is CNC(C)C(=O)NC(c1cccs1)C(C)C. The molecular formula is C12H20N2OS. The van der Waals surface area contributed by atoms with Gasteiger partial charge < -0.3 is 10.6 Å². The van der Waals surface area contributed by atoms with E-state index >= 15 is 0 Å². The maximum Gasteiger partial charge on any atom is 0.237 e. The predicted octanol–water partition coefficient (Wildman–Crippen LogP) is 2.17. The van der Waals surface area contributed by atoms with Crippen LogP contribution in [0.1, 0.15) is 31.7 Å². The number of hydrogen-bond donors (Lipinski definition) is 2. The molecule has 0 aliphatic heterocycles. The zero-order valence-corrected chi connectivity index (χ0v) is 11.1. The van der Waals surface area contributed by atoms with Crippen molar-refractivity contribution < 1.29 is 4.79 Å². The Kier molecular flexibility index (Phi) is 4.96. The second-order valence-electron chi connectivity index (χ2n) is 4.26. The largest absolute Gasteiger partial charge is 0.347 e. The fraction of sp³-hybridized carbons (Fsp3) is 0.583. The minimum atomic E-state index is -0.152. The van der Waals surface area contributed by atoms with Gasteiger partial charge in [-0.1, -0.05) is 19.9 Å². The van der Waals surface area contributed by atoms with E-state index in [1.807, 2.05) is 18.4 Å². The third-order valence-electron chi connectivity index (χ3n) is 2.64. The van der Waals surface area contributed by atoms with Crippen LogP contribution in [-0.2, 0) is 4.79 Å². The third kappa shape index (κ3) is 3.32. The Bertz CT molecular complexity index is 322. The summed E-state index contributed by atoms with van der Waals surface area (Å²) in [6.07, 6.45) is 0. The van der Waals surface area contributed by atoms with Crippen LogP contribution in [0.25, 0.3) is 0 Å². The highest BCUT2D eigenvalue weighted by Crippen LogP contribution is 2.25.